The van der Waals surface area contributed by atoms with E-state index in [1.165, 1.54) is 18.0 Å². The van der Waals surface area contributed by atoms with Gasteiger partial charge in [0.15, 0.2) is 10.9 Å². The maximum Gasteiger partial charge on any atom is 0.271 e. The number of thioether (sulfide) groups is 1. The second-order valence-electron chi connectivity index (χ2n) is 5.83. The van der Waals surface area contributed by atoms with Crippen LogP contribution in [0.2, 0.25) is 5.02 Å². The first-order valence-corrected chi connectivity index (χ1v) is 10.2. The zero-order valence-electron chi connectivity index (χ0n) is 15.8. The highest BCUT2D eigenvalue weighted by Crippen LogP contribution is 2.18. The van der Waals surface area contributed by atoms with Gasteiger partial charge in [-0.25, -0.2) is 9.97 Å². The molecule has 7 nitrogen and oxygen atoms in total. The average molecular weight is 423 g/mol. The first-order chi connectivity index (χ1) is 13.5. The molecule has 1 aromatic heterocycles. The Morgan fingerprint density at radius 1 is 1.21 bits per heavy atom. The monoisotopic (exact) mass is 422 g/mol. The van der Waals surface area contributed by atoms with E-state index in [1.807, 2.05) is 24.3 Å². The van der Waals surface area contributed by atoms with Gasteiger partial charge in [-0.3, -0.25) is 9.59 Å². The molecule has 0 aliphatic heterocycles. The van der Waals surface area contributed by atoms with Crippen LogP contribution in [0.4, 0.5) is 0 Å². The number of nitrogens with zero attached hydrogens (tertiary/aromatic N) is 2. The topological polar surface area (TPSA) is 93.2 Å². The Labute approximate surface area is 173 Å². The fraction of sp³-hybridized carbons (Fsp3) is 0.368. The Bertz CT molecular complexity index is 802. The summed E-state index contributed by atoms with van der Waals surface area (Å²) in [6, 6.07) is 7.43. The second kappa shape index (κ2) is 11.5. The molecule has 28 heavy (non-hydrogen) atoms. The lowest BCUT2D eigenvalue weighted by Crippen LogP contribution is -2.31. The van der Waals surface area contributed by atoms with Crippen LogP contribution in [-0.4, -0.2) is 41.2 Å². The minimum absolute atomic E-state index is 0.119. The fourth-order valence-corrected chi connectivity index (χ4v) is 3.03. The Kier molecular flexibility index (Phi) is 9.03. The average Bonchev–Trinajstić information content (AvgIpc) is 2.71. The lowest BCUT2D eigenvalue weighted by Gasteiger charge is -2.08. The van der Waals surface area contributed by atoms with Gasteiger partial charge in [-0.2, -0.15) is 0 Å². The minimum atomic E-state index is -0.422. The van der Waals surface area contributed by atoms with Crippen LogP contribution in [0, 0.1) is 0 Å². The molecule has 0 aliphatic carbocycles. The fourth-order valence-electron chi connectivity index (χ4n) is 2.18. The minimum Gasteiger partial charge on any atom is -0.497 e. The Morgan fingerprint density at radius 2 is 1.96 bits per heavy atom. The van der Waals surface area contributed by atoms with E-state index in [4.69, 9.17) is 16.3 Å². The molecule has 2 rings (SSSR count). The molecular weight excluding hydrogens is 400 g/mol. The number of nitrogens with one attached hydrogen (secondary N) is 2. The second-order valence-corrected chi connectivity index (χ2v) is 7.30. The number of methoxy groups -OCH3 is 1. The summed E-state index contributed by atoms with van der Waals surface area (Å²) in [4.78, 5) is 32.5. The molecule has 0 radical (unpaired) electrons. The molecule has 2 aromatic rings. The first kappa shape index (κ1) is 22.0. The van der Waals surface area contributed by atoms with E-state index in [9.17, 15) is 9.59 Å². The molecule has 0 saturated carbocycles. The maximum atomic E-state index is 12.3. The number of aromatic nitrogens is 2. The molecule has 9 heteroatoms. The molecule has 0 bridgehead atoms. The number of carbonyl (C=O) groups is 2. The van der Waals surface area contributed by atoms with E-state index >= 15 is 0 Å². The highest BCUT2D eigenvalue weighted by atomic mass is 35.5. The predicted molar refractivity (Wildman–Crippen MR) is 110 cm³/mol. The number of halogens is 1. The van der Waals surface area contributed by atoms with Crippen LogP contribution in [0.1, 0.15) is 35.8 Å². The van der Waals surface area contributed by atoms with Crippen molar-refractivity contribution in [3.63, 3.8) is 0 Å². The summed E-state index contributed by atoms with van der Waals surface area (Å²) in [6.45, 7) is 2.65. The Morgan fingerprint density at radius 3 is 2.64 bits per heavy atom. The van der Waals surface area contributed by atoms with Crippen molar-refractivity contribution >= 4 is 35.2 Å². The summed E-state index contributed by atoms with van der Waals surface area (Å²) < 4.78 is 5.09. The molecule has 0 spiro atoms. The Hall–Kier alpha value is -2.32. The molecule has 0 unspecified atom stereocenters. The molecule has 2 amide bonds. The van der Waals surface area contributed by atoms with Crippen molar-refractivity contribution in [1.82, 2.24) is 20.6 Å². The van der Waals surface area contributed by atoms with Gasteiger partial charge in [0.25, 0.3) is 5.91 Å². The number of hydrogen-bond donors (Lipinski definition) is 2. The van der Waals surface area contributed by atoms with Crippen LogP contribution in [0.3, 0.4) is 0 Å². The van der Waals surface area contributed by atoms with E-state index in [1.54, 1.807) is 7.11 Å². The Balaban J connectivity index is 1.77. The number of benzene rings is 1. The zero-order valence-corrected chi connectivity index (χ0v) is 17.4. The van der Waals surface area contributed by atoms with E-state index in [2.05, 4.69) is 27.5 Å². The molecule has 2 N–H and O–H groups in total. The van der Waals surface area contributed by atoms with Gasteiger partial charge in [0.1, 0.15) is 5.75 Å². The first-order valence-electron chi connectivity index (χ1n) is 8.86. The third-order valence-electron chi connectivity index (χ3n) is 3.66. The molecule has 0 saturated heterocycles. The summed E-state index contributed by atoms with van der Waals surface area (Å²) in [5, 5.41) is 6.17. The smallest absolute Gasteiger partial charge is 0.271 e. The van der Waals surface area contributed by atoms with Gasteiger partial charge < -0.3 is 15.4 Å². The zero-order chi connectivity index (χ0) is 20.4. The van der Waals surface area contributed by atoms with Crippen molar-refractivity contribution in [3.8, 4) is 5.75 Å². The number of ether oxygens (including phenoxy) is 1. The van der Waals surface area contributed by atoms with E-state index in [-0.39, 0.29) is 29.6 Å². The number of rotatable bonds is 10. The largest absolute Gasteiger partial charge is 0.497 e. The van der Waals surface area contributed by atoms with Gasteiger partial charge >= 0.3 is 0 Å². The van der Waals surface area contributed by atoms with E-state index in [0.29, 0.717) is 11.7 Å². The van der Waals surface area contributed by atoms with Crippen LogP contribution in [0.15, 0.2) is 35.6 Å². The lowest BCUT2D eigenvalue weighted by molar-refractivity contribution is -0.121. The standard InChI is InChI=1S/C19H23ClN4O3S/c1-3-10-28-19-23-12-15(20)17(24-19)18(26)21-9-8-16(25)22-11-13-4-6-14(27-2)7-5-13/h4-7,12H,3,8-11H2,1-2H3,(H,21,26)(H,22,25). The van der Waals surface area contributed by atoms with E-state index in [0.717, 1.165) is 23.5 Å². The van der Waals surface area contributed by atoms with Crippen molar-refractivity contribution in [2.75, 3.05) is 19.4 Å². The van der Waals surface area contributed by atoms with Crippen LogP contribution in [0.25, 0.3) is 0 Å². The van der Waals surface area contributed by atoms with Crippen molar-refractivity contribution in [3.05, 3.63) is 46.7 Å². The van der Waals surface area contributed by atoms with Gasteiger partial charge in [0.2, 0.25) is 5.91 Å². The van der Waals surface area contributed by atoms with Gasteiger partial charge in [-0.1, -0.05) is 42.4 Å². The number of amides is 2. The normalized spacial score (nSPS) is 10.4. The van der Waals surface area contributed by atoms with Crippen molar-refractivity contribution < 1.29 is 14.3 Å². The molecular formula is C19H23ClN4O3S. The van der Waals surface area contributed by atoms with E-state index < -0.39 is 5.91 Å². The summed E-state index contributed by atoms with van der Waals surface area (Å²) in [7, 11) is 1.60. The van der Waals surface area contributed by atoms with Gasteiger partial charge in [0, 0.05) is 25.3 Å². The molecule has 0 atom stereocenters. The number of hydrogen-bond acceptors (Lipinski definition) is 6. The molecule has 150 valence electrons. The molecule has 0 fully saturated rings. The summed E-state index contributed by atoms with van der Waals surface area (Å²) in [6.07, 6.45) is 2.55. The summed E-state index contributed by atoms with van der Waals surface area (Å²) in [5.74, 6) is 1.03. The highest BCUT2D eigenvalue weighted by molar-refractivity contribution is 7.99. The quantitative estimate of drug-likeness (QED) is 0.451. The predicted octanol–water partition coefficient (Wildman–Crippen LogP) is 3.08. The van der Waals surface area contributed by atoms with Gasteiger partial charge in [-0.15, -0.1) is 0 Å². The van der Waals surface area contributed by atoms with Gasteiger partial charge in [-0.05, 0) is 24.1 Å². The summed E-state index contributed by atoms with van der Waals surface area (Å²) in [5.41, 5.74) is 1.08. The molecule has 1 aromatic carbocycles. The van der Waals surface area contributed by atoms with Crippen molar-refractivity contribution in [2.45, 2.75) is 31.5 Å². The van der Waals surface area contributed by atoms with Crippen LogP contribution in [-0.2, 0) is 11.3 Å². The molecule has 0 aliphatic rings. The third kappa shape index (κ3) is 7.01. The van der Waals surface area contributed by atoms with Crippen LogP contribution < -0.4 is 15.4 Å². The maximum absolute atomic E-state index is 12.3. The summed E-state index contributed by atoms with van der Waals surface area (Å²) >= 11 is 7.49. The van der Waals surface area contributed by atoms with Crippen molar-refractivity contribution in [2.24, 2.45) is 0 Å². The van der Waals surface area contributed by atoms with Gasteiger partial charge in [0.05, 0.1) is 18.3 Å². The van der Waals surface area contributed by atoms with Crippen LogP contribution >= 0.6 is 23.4 Å². The lowest BCUT2D eigenvalue weighted by atomic mass is 10.2. The van der Waals surface area contributed by atoms with Crippen molar-refractivity contribution in [1.29, 1.82) is 0 Å². The molecule has 1 heterocycles. The third-order valence-corrected chi connectivity index (χ3v) is 5.00. The SMILES string of the molecule is CCCSc1ncc(Cl)c(C(=O)NCCC(=O)NCc2ccc(OC)cc2)n1. The highest BCUT2D eigenvalue weighted by Gasteiger charge is 2.14. The number of carbonyl (C=O) groups excluding carboxylic acids is 2. The van der Waals surface area contributed by atoms with Crippen LogP contribution in [0.5, 0.6) is 5.75 Å².